The van der Waals surface area contributed by atoms with Crippen LogP contribution in [0.25, 0.3) is 0 Å². The van der Waals surface area contributed by atoms with Crippen LogP contribution in [0.5, 0.6) is 0 Å². The van der Waals surface area contributed by atoms with E-state index in [1.54, 1.807) is 4.90 Å². The summed E-state index contributed by atoms with van der Waals surface area (Å²) in [7, 11) is 0. The number of hydrogen-bond donors (Lipinski definition) is 1. The number of likely N-dealkylation sites (tertiary alicyclic amines) is 1. The van der Waals surface area contributed by atoms with Crippen LogP contribution in [0.4, 0.5) is 5.69 Å². The summed E-state index contributed by atoms with van der Waals surface area (Å²) in [6.45, 7) is 4.76. The average molecular weight is 270 g/mol. The van der Waals surface area contributed by atoms with E-state index in [0.29, 0.717) is 25.9 Å². The van der Waals surface area contributed by atoms with E-state index in [2.05, 4.69) is 18.0 Å². The Bertz CT molecular complexity index is 572. The number of fused-ring (bicyclic) bond motifs is 1. The van der Waals surface area contributed by atoms with Gasteiger partial charge in [-0.2, -0.15) is 0 Å². The standard InChI is InChI=1S/C16H18N2O2/c1-2-14(19)18-9-7-16(8-10-18)11-12-5-3-4-6-13(12)17-15(16)20/h2-6H,1,7-11H2,(H,17,20). The minimum absolute atomic E-state index is 0.0449. The third-order valence-electron chi connectivity index (χ3n) is 4.48. The van der Waals surface area contributed by atoms with Crippen molar-refractivity contribution in [2.45, 2.75) is 19.3 Å². The van der Waals surface area contributed by atoms with Gasteiger partial charge in [0.25, 0.3) is 0 Å². The highest BCUT2D eigenvalue weighted by Gasteiger charge is 2.44. The zero-order chi connectivity index (χ0) is 14.2. The number of carbonyl (C=O) groups is 2. The SMILES string of the molecule is C=CC(=O)N1CCC2(CC1)Cc1ccccc1NC2=O. The number of para-hydroxylation sites is 1. The quantitative estimate of drug-likeness (QED) is 0.793. The molecular formula is C16H18N2O2. The second-order valence-corrected chi connectivity index (χ2v) is 5.60. The average Bonchev–Trinajstić information content (AvgIpc) is 2.48. The van der Waals surface area contributed by atoms with E-state index in [1.807, 2.05) is 18.2 Å². The Morgan fingerprint density at radius 1 is 1.30 bits per heavy atom. The van der Waals surface area contributed by atoms with E-state index in [9.17, 15) is 9.59 Å². The molecule has 2 amide bonds. The van der Waals surface area contributed by atoms with Crippen LogP contribution < -0.4 is 5.32 Å². The van der Waals surface area contributed by atoms with Crippen LogP contribution in [0, 0.1) is 5.41 Å². The number of carbonyl (C=O) groups excluding carboxylic acids is 2. The Labute approximate surface area is 118 Å². The molecule has 1 saturated heterocycles. The van der Waals surface area contributed by atoms with Crippen LogP contribution in [0.1, 0.15) is 18.4 Å². The van der Waals surface area contributed by atoms with Crippen LogP contribution >= 0.6 is 0 Å². The van der Waals surface area contributed by atoms with E-state index < -0.39 is 0 Å². The van der Waals surface area contributed by atoms with Gasteiger partial charge in [0.1, 0.15) is 0 Å². The fraction of sp³-hybridized carbons (Fsp3) is 0.375. The van der Waals surface area contributed by atoms with Gasteiger partial charge in [0.15, 0.2) is 0 Å². The summed E-state index contributed by atoms with van der Waals surface area (Å²) in [6.07, 6.45) is 3.54. The van der Waals surface area contributed by atoms with Crippen LogP contribution in [-0.4, -0.2) is 29.8 Å². The van der Waals surface area contributed by atoms with Crippen LogP contribution in [0.2, 0.25) is 0 Å². The van der Waals surface area contributed by atoms with Crippen molar-refractivity contribution < 1.29 is 9.59 Å². The third-order valence-corrected chi connectivity index (χ3v) is 4.48. The normalized spacial score (nSPS) is 20.2. The number of nitrogens with one attached hydrogen (secondary N) is 1. The lowest BCUT2D eigenvalue weighted by Crippen LogP contribution is -2.50. The van der Waals surface area contributed by atoms with Gasteiger partial charge < -0.3 is 10.2 Å². The molecule has 0 unspecified atom stereocenters. The molecule has 0 atom stereocenters. The lowest BCUT2D eigenvalue weighted by atomic mass is 9.71. The molecule has 2 aliphatic rings. The molecule has 1 N–H and O–H groups in total. The second kappa shape index (κ2) is 4.78. The highest BCUT2D eigenvalue weighted by atomic mass is 16.2. The lowest BCUT2D eigenvalue weighted by Gasteiger charge is -2.43. The molecule has 1 fully saturated rings. The molecule has 1 spiro atoms. The van der Waals surface area contributed by atoms with Gasteiger partial charge in [0.05, 0.1) is 5.41 Å². The summed E-state index contributed by atoms with van der Waals surface area (Å²) in [5.74, 6) is 0.0540. The van der Waals surface area contributed by atoms with Crippen LogP contribution in [0.15, 0.2) is 36.9 Å². The molecule has 3 rings (SSSR count). The fourth-order valence-electron chi connectivity index (χ4n) is 3.18. The molecule has 1 aromatic rings. The van der Waals surface area contributed by atoms with E-state index in [4.69, 9.17) is 0 Å². The van der Waals surface area contributed by atoms with Crippen LogP contribution in [-0.2, 0) is 16.0 Å². The van der Waals surface area contributed by atoms with Crippen molar-refractivity contribution in [1.82, 2.24) is 4.90 Å². The van der Waals surface area contributed by atoms with Gasteiger partial charge in [0, 0.05) is 18.8 Å². The Morgan fingerprint density at radius 3 is 2.70 bits per heavy atom. The van der Waals surface area contributed by atoms with E-state index in [-0.39, 0.29) is 17.2 Å². The molecule has 20 heavy (non-hydrogen) atoms. The molecule has 104 valence electrons. The van der Waals surface area contributed by atoms with E-state index in [0.717, 1.165) is 12.1 Å². The van der Waals surface area contributed by atoms with Gasteiger partial charge in [-0.3, -0.25) is 9.59 Å². The smallest absolute Gasteiger partial charge is 0.245 e. The van der Waals surface area contributed by atoms with E-state index in [1.165, 1.54) is 11.6 Å². The minimum atomic E-state index is -0.355. The molecule has 0 radical (unpaired) electrons. The Morgan fingerprint density at radius 2 is 2.00 bits per heavy atom. The monoisotopic (exact) mass is 270 g/mol. The number of hydrogen-bond acceptors (Lipinski definition) is 2. The van der Waals surface area contributed by atoms with Gasteiger partial charge in [-0.25, -0.2) is 0 Å². The number of rotatable bonds is 1. The third kappa shape index (κ3) is 2.01. The van der Waals surface area contributed by atoms with Crippen molar-refractivity contribution >= 4 is 17.5 Å². The fourth-order valence-corrected chi connectivity index (χ4v) is 3.18. The molecule has 0 saturated carbocycles. The maximum Gasteiger partial charge on any atom is 0.245 e. The van der Waals surface area contributed by atoms with Crippen LogP contribution in [0.3, 0.4) is 0 Å². The molecular weight excluding hydrogens is 252 g/mol. The molecule has 0 aromatic heterocycles. The summed E-state index contributed by atoms with van der Waals surface area (Å²) >= 11 is 0. The molecule has 4 nitrogen and oxygen atoms in total. The Hall–Kier alpha value is -2.10. The second-order valence-electron chi connectivity index (χ2n) is 5.60. The first kappa shape index (κ1) is 12.9. The molecule has 2 aliphatic heterocycles. The predicted molar refractivity (Wildman–Crippen MR) is 77.2 cm³/mol. The first-order valence-electron chi connectivity index (χ1n) is 6.95. The first-order chi connectivity index (χ1) is 9.64. The summed E-state index contributed by atoms with van der Waals surface area (Å²) in [4.78, 5) is 25.8. The number of anilines is 1. The van der Waals surface area contributed by atoms with Gasteiger partial charge in [-0.15, -0.1) is 0 Å². The van der Waals surface area contributed by atoms with E-state index >= 15 is 0 Å². The summed E-state index contributed by atoms with van der Waals surface area (Å²) in [5, 5.41) is 3.02. The van der Waals surface area contributed by atoms with Gasteiger partial charge in [-0.1, -0.05) is 24.8 Å². The number of piperidine rings is 1. The Kier molecular flexibility index (Phi) is 3.08. The topological polar surface area (TPSA) is 49.4 Å². The lowest BCUT2D eigenvalue weighted by molar-refractivity contribution is -0.135. The highest BCUT2D eigenvalue weighted by Crippen LogP contribution is 2.41. The molecule has 0 aliphatic carbocycles. The van der Waals surface area contributed by atoms with Crippen molar-refractivity contribution in [3.05, 3.63) is 42.5 Å². The summed E-state index contributed by atoms with van der Waals surface area (Å²) in [6, 6.07) is 7.94. The maximum absolute atomic E-state index is 12.4. The van der Waals surface area contributed by atoms with Crippen molar-refractivity contribution in [3.8, 4) is 0 Å². The molecule has 0 bridgehead atoms. The van der Waals surface area contributed by atoms with Gasteiger partial charge in [-0.05, 0) is 37.0 Å². The number of benzene rings is 1. The van der Waals surface area contributed by atoms with Gasteiger partial charge >= 0.3 is 0 Å². The summed E-state index contributed by atoms with van der Waals surface area (Å²) < 4.78 is 0. The number of nitrogens with zero attached hydrogens (tertiary/aromatic N) is 1. The molecule has 2 heterocycles. The van der Waals surface area contributed by atoms with Crippen molar-refractivity contribution in [2.75, 3.05) is 18.4 Å². The highest BCUT2D eigenvalue weighted by molar-refractivity contribution is 5.98. The zero-order valence-corrected chi connectivity index (χ0v) is 11.4. The maximum atomic E-state index is 12.4. The van der Waals surface area contributed by atoms with Crippen molar-refractivity contribution in [1.29, 1.82) is 0 Å². The first-order valence-corrected chi connectivity index (χ1v) is 6.95. The number of amides is 2. The van der Waals surface area contributed by atoms with Gasteiger partial charge in [0.2, 0.25) is 11.8 Å². The molecule has 4 heteroatoms. The Balaban J connectivity index is 1.80. The zero-order valence-electron chi connectivity index (χ0n) is 11.4. The summed E-state index contributed by atoms with van der Waals surface area (Å²) in [5.41, 5.74) is 1.76. The predicted octanol–water partition coefficient (Wildman–Crippen LogP) is 1.98. The minimum Gasteiger partial charge on any atom is -0.339 e. The van der Waals surface area contributed by atoms with Crippen molar-refractivity contribution in [3.63, 3.8) is 0 Å². The largest absolute Gasteiger partial charge is 0.339 e. The van der Waals surface area contributed by atoms with Crippen molar-refractivity contribution in [2.24, 2.45) is 5.41 Å². The molecule has 1 aromatic carbocycles.